The van der Waals surface area contributed by atoms with Gasteiger partial charge in [-0.05, 0) is 12.1 Å². The Labute approximate surface area is 160 Å². The van der Waals surface area contributed by atoms with Crippen LogP contribution in [-0.2, 0) is 6.54 Å². The number of thiazole rings is 1. The number of halogens is 3. The third-order valence-electron chi connectivity index (χ3n) is 3.75. The van der Waals surface area contributed by atoms with E-state index in [4.69, 9.17) is 5.73 Å². The first-order chi connectivity index (χ1) is 11.1. The predicted molar refractivity (Wildman–Crippen MR) is 103 cm³/mol. The fourth-order valence-electron chi connectivity index (χ4n) is 2.44. The van der Waals surface area contributed by atoms with E-state index in [2.05, 4.69) is 14.9 Å². The Bertz CT molecular complexity index is 667. The number of guanidine groups is 1. The average molecular weight is 465 g/mol. The first kappa shape index (κ1) is 18.8. The molecule has 0 saturated carbocycles. The van der Waals surface area contributed by atoms with Crippen LogP contribution in [0.4, 0.5) is 13.9 Å². The molecule has 1 aromatic heterocycles. The van der Waals surface area contributed by atoms with E-state index in [0.29, 0.717) is 19.0 Å². The molecule has 2 N–H and O–H groups in total. The molecular formula is C15H18F2IN5S. The number of hydrogen-bond donors (Lipinski definition) is 1. The number of nitrogens with zero attached hydrogens (tertiary/aromatic N) is 4. The van der Waals surface area contributed by atoms with Crippen molar-refractivity contribution in [3.05, 3.63) is 47.0 Å². The van der Waals surface area contributed by atoms with Gasteiger partial charge >= 0.3 is 0 Å². The summed E-state index contributed by atoms with van der Waals surface area (Å²) in [6.45, 7) is 2.88. The summed E-state index contributed by atoms with van der Waals surface area (Å²) in [5, 5.41) is 2.94. The molecule has 1 aromatic carbocycles. The lowest BCUT2D eigenvalue weighted by Crippen LogP contribution is -2.51. The zero-order chi connectivity index (χ0) is 16.2. The summed E-state index contributed by atoms with van der Waals surface area (Å²) >= 11 is 1.60. The Hall–Kier alpha value is -1.49. The largest absolute Gasteiger partial charge is 0.370 e. The molecular weight excluding hydrogens is 447 g/mol. The quantitative estimate of drug-likeness (QED) is 0.431. The topological polar surface area (TPSA) is 57.8 Å². The third kappa shape index (κ3) is 4.32. The Balaban J connectivity index is 0.00000208. The van der Waals surface area contributed by atoms with Crippen molar-refractivity contribution in [2.75, 3.05) is 31.1 Å². The Morgan fingerprint density at radius 3 is 2.46 bits per heavy atom. The third-order valence-corrected chi connectivity index (χ3v) is 4.59. The summed E-state index contributed by atoms with van der Waals surface area (Å²) in [6, 6.07) is 3.77. The maximum Gasteiger partial charge on any atom is 0.191 e. The molecule has 5 nitrogen and oxygen atoms in total. The van der Waals surface area contributed by atoms with E-state index in [1.165, 1.54) is 18.2 Å². The van der Waals surface area contributed by atoms with E-state index in [0.717, 1.165) is 18.2 Å². The molecule has 0 atom stereocenters. The number of aromatic nitrogens is 1. The van der Waals surface area contributed by atoms with Gasteiger partial charge in [0.2, 0.25) is 0 Å². The van der Waals surface area contributed by atoms with Crippen LogP contribution < -0.4 is 10.6 Å². The second-order valence-electron chi connectivity index (χ2n) is 5.16. The maximum atomic E-state index is 13.6. The zero-order valence-electron chi connectivity index (χ0n) is 12.9. The highest BCUT2D eigenvalue weighted by molar-refractivity contribution is 14.0. The second kappa shape index (κ2) is 8.56. The molecule has 0 radical (unpaired) electrons. The molecule has 0 bridgehead atoms. The van der Waals surface area contributed by atoms with Gasteiger partial charge in [-0.3, -0.25) is 0 Å². The average Bonchev–Trinajstić information content (AvgIpc) is 3.09. The molecule has 2 aromatic rings. The maximum absolute atomic E-state index is 13.6. The summed E-state index contributed by atoms with van der Waals surface area (Å²) in [6.07, 6.45) is 1.78. The highest BCUT2D eigenvalue weighted by Gasteiger charge is 2.20. The molecule has 1 saturated heterocycles. The van der Waals surface area contributed by atoms with Crippen molar-refractivity contribution in [2.45, 2.75) is 6.54 Å². The Morgan fingerprint density at radius 1 is 1.21 bits per heavy atom. The monoisotopic (exact) mass is 465 g/mol. The van der Waals surface area contributed by atoms with E-state index in [-0.39, 0.29) is 36.1 Å². The first-order valence-electron chi connectivity index (χ1n) is 7.27. The second-order valence-corrected chi connectivity index (χ2v) is 6.04. The van der Waals surface area contributed by atoms with Gasteiger partial charge in [0.1, 0.15) is 11.6 Å². The molecule has 130 valence electrons. The molecule has 1 aliphatic heterocycles. The fourth-order valence-corrected chi connectivity index (χ4v) is 3.14. The van der Waals surface area contributed by atoms with Crippen molar-refractivity contribution < 1.29 is 8.78 Å². The molecule has 2 heterocycles. The van der Waals surface area contributed by atoms with Crippen LogP contribution in [0.25, 0.3) is 0 Å². The van der Waals surface area contributed by atoms with Crippen molar-refractivity contribution >= 4 is 46.4 Å². The van der Waals surface area contributed by atoms with Crippen LogP contribution in [-0.4, -0.2) is 42.0 Å². The van der Waals surface area contributed by atoms with Gasteiger partial charge in [0, 0.05) is 43.3 Å². The molecule has 0 spiro atoms. The minimum absolute atomic E-state index is 0. The Kier molecular flexibility index (Phi) is 6.72. The summed E-state index contributed by atoms with van der Waals surface area (Å²) in [5.74, 6) is -0.892. The van der Waals surface area contributed by atoms with Crippen molar-refractivity contribution in [3.8, 4) is 0 Å². The van der Waals surface area contributed by atoms with Crippen molar-refractivity contribution in [1.29, 1.82) is 0 Å². The number of anilines is 1. The van der Waals surface area contributed by atoms with Crippen LogP contribution in [0.15, 0.2) is 34.8 Å². The fraction of sp³-hybridized carbons (Fsp3) is 0.333. The van der Waals surface area contributed by atoms with Crippen LogP contribution in [0, 0.1) is 11.6 Å². The minimum Gasteiger partial charge on any atom is -0.370 e. The number of rotatable bonds is 3. The molecule has 3 rings (SSSR count). The lowest BCUT2D eigenvalue weighted by molar-refractivity contribution is 0.380. The van der Waals surface area contributed by atoms with E-state index in [9.17, 15) is 8.78 Å². The van der Waals surface area contributed by atoms with Crippen molar-refractivity contribution in [1.82, 2.24) is 9.88 Å². The molecule has 1 aliphatic rings. The standard InChI is InChI=1S/C15H17F2N5S.HI/c16-12-2-1-3-13(17)11(12)10-20-14(18)21-5-7-22(8-6-21)15-19-4-9-23-15;/h1-4,9H,5-8,10H2,(H2,18,20);1H. The summed E-state index contributed by atoms with van der Waals surface area (Å²) in [5.41, 5.74) is 5.90. The highest BCUT2D eigenvalue weighted by atomic mass is 127. The van der Waals surface area contributed by atoms with E-state index in [1.54, 1.807) is 17.5 Å². The van der Waals surface area contributed by atoms with E-state index >= 15 is 0 Å². The van der Waals surface area contributed by atoms with Crippen molar-refractivity contribution in [2.24, 2.45) is 10.7 Å². The number of aliphatic imine (C=N–C) groups is 1. The van der Waals surface area contributed by atoms with Gasteiger partial charge in [-0.25, -0.2) is 18.8 Å². The van der Waals surface area contributed by atoms with E-state index < -0.39 is 11.6 Å². The van der Waals surface area contributed by atoms with Crippen LogP contribution in [0.3, 0.4) is 0 Å². The van der Waals surface area contributed by atoms with Crippen LogP contribution in [0.5, 0.6) is 0 Å². The summed E-state index contributed by atoms with van der Waals surface area (Å²) in [7, 11) is 0. The minimum atomic E-state index is -0.602. The van der Waals surface area contributed by atoms with Crippen LogP contribution >= 0.6 is 35.3 Å². The lowest BCUT2D eigenvalue weighted by Gasteiger charge is -2.35. The zero-order valence-corrected chi connectivity index (χ0v) is 16.0. The van der Waals surface area contributed by atoms with Gasteiger partial charge in [0.15, 0.2) is 11.1 Å². The summed E-state index contributed by atoms with van der Waals surface area (Å²) < 4.78 is 27.2. The van der Waals surface area contributed by atoms with Gasteiger partial charge in [0.05, 0.1) is 6.54 Å². The number of piperazine rings is 1. The molecule has 0 amide bonds. The van der Waals surface area contributed by atoms with Gasteiger partial charge in [-0.2, -0.15) is 0 Å². The first-order valence-corrected chi connectivity index (χ1v) is 8.15. The van der Waals surface area contributed by atoms with Gasteiger partial charge in [-0.15, -0.1) is 35.3 Å². The number of nitrogens with two attached hydrogens (primary N) is 1. The SMILES string of the molecule is I.NC(=NCc1c(F)cccc1F)N1CCN(c2nccs2)CC1. The molecule has 1 fully saturated rings. The molecule has 9 heteroatoms. The molecule has 0 unspecified atom stereocenters. The molecule has 0 aliphatic carbocycles. The van der Waals surface area contributed by atoms with Crippen molar-refractivity contribution in [3.63, 3.8) is 0 Å². The van der Waals surface area contributed by atoms with Gasteiger partial charge in [-0.1, -0.05) is 6.07 Å². The predicted octanol–water partition coefficient (Wildman–Crippen LogP) is 2.68. The summed E-state index contributed by atoms with van der Waals surface area (Å²) in [4.78, 5) is 12.5. The molecule has 24 heavy (non-hydrogen) atoms. The number of benzene rings is 1. The Morgan fingerprint density at radius 2 is 1.88 bits per heavy atom. The number of hydrogen-bond acceptors (Lipinski definition) is 4. The van der Waals surface area contributed by atoms with E-state index in [1.807, 2.05) is 10.3 Å². The normalized spacial score (nSPS) is 15.3. The lowest BCUT2D eigenvalue weighted by atomic mass is 10.2. The van der Waals surface area contributed by atoms with Crippen LogP contribution in [0.1, 0.15) is 5.56 Å². The smallest absolute Gasteiger partial charge is 0.191 e. The highest BCUT2D eigenvalue weighted by Crippen LogP contribution is 2.19. The van der Waals surface area contributed by atoms with Gasteiger partial charge in [0.25, 0.3) is 0 Å². The van der Waals surface area contributed by atoms with Crippen LogP contribution in [0.2, 0.25) is 0 Å². The van der Waals surface area contributed by atoms with Gasteiger partial charge < -0.3 is 15.5 Å².